The van der Waals surface area contributed by atoms with Crippen LogP contribution in [-0.4, -0.2) is 17.0 Å². The van der Waals surface area contributed by atoms with Gasteiger partial charge in [-0.3, -0.25) is 4.79 Å². The number of para-hydroxylation sites is 1. The van der Waals surface area contributed by atoms with Gasteiger partial charge in [-0.1, -0.05) is 35.9 Å². The van der Waals surface area contributed by atoms with E-state index in [0.717, 1.165) is 9.32 Å². The maximum Gasteiger partial charge on any atom is 0.352 e. The highest BCUT2D eigenvalue weighted by Gasteiger charge is 2.13. The first-order valence-electron chi connectivity index (χ1n) is 8.47. The quantitative estimate of drug-likeness (QED) is 0.329. The van der Waals surface area contributed by atoms with Gasteiger partial charge in [-0.25, -0.2) is 4.79 Å². The highest BCUT2D eigenvalue weighted by atomic mass is 127. The van der Waals surface area contributed by atoms with Crippen molar-refractivity contribution in [3.05, 3.63) is 98.2 Å². The Hall–Kier alpha value is -2.84. The largest absolute Gasteiger partial charge is 0.477 e. The van der Waals surface area contributed by atoms with Crippen LogP contribution in [0.25, 0.3) is 6.08 Å². The number of amides is 1. The maximum atomic E-state index is 12.3. The van der Waals surface area contributed by atoms with E-state index in [4.69, 9.17) is 16.3 Å². The summed E-state index contributed by atoms with van der Waals surface area (Å²) in [6.45, 7) is 0. The SMILES string of the molecule is O=C(O)/C(=C\c1ccc(Oc2ccccc2I)cc1)NC(=O)c1ccc(Cl)cc1. The molecule has 5 nitrogen and oxygen atoms in total. The van der Waals surface area contributed by atoms with Crippen LogP contribution in [0.2, 0.25) is 5.02 Å². The van der Waals surface area contributed by atoms with E-state index in [9.17, 15) is 14.7 Å². The molecule has 0 aliphatic rings. The van der Waals surface area contributed by atoms with Gasteiger partial charge in [0.25, 0.3) is 5.91 Å². The molecule has 1 amide bonds. The summed E-state index contributed by atoms with van der Waals surface area (Å²) in [5.74, 6) is -0.424. The first-order chi connectivity index (χ1) is 13.9. The van der Waals surface area contributed by atoms with E-state index in [-0.39, 0.29) is 5.70 Å². The normalized spacial score (nSPS) is 11.0. The highest BCUT2D eigenvalue weighted by Crippen LogP contribution is 2.26. The van der Waals surface area contributed by atoms with Crippen LogP contribution in [0, 0.1) is 3.57 Å². The molecule has 0 bridgehead atoms. The third kappa shape index (κ3) is 5.82. The summed E-state index contributed by atoms with van der Waals surface area (Å²) in [5.41, 5.74) is 0.674. The van der Waals surface area contributed by atoms with Gasteiger partial charge in [0.2, 0.25) is 0 Å². The zero-order chi connectivity index (χ0) is 20.8. The van der Waals surface area contributed by atoms with E-state index in [1.807, 2.05) is 24.3 Å². The molecule has 0 aliphatic carbocycles. The number of benzene rings is 3. The second kappa shape index (κ2) is 9.58. The van der Waals surface area contributed by atoms with Crippen molar-refractivity contribution in [3.63, 3.8) is 0 Å². The van der Waals surface area contributed by atoms with Crippen LogP contribution in [0.4, 0.5) is 0 Å². The van der Waals surface area contributed by atoms with Gasteiger partial charge in [0.15, 0.2) is 0 Å². The number of nitrogens with one attached hydrogen (secondary N) is 1. The van der Waals surface area contributed by atoms with E-state index < -0.39 is 11.9 Å². The van der Waals surface area contributed by atoms with Crippen molar-refractivity contribution in [1.82, 2.24) is 5.32 Å². The zero-order valence-corrected chi connectivity index (χ0v) is 17.8. The molecule has 3 aromatic rings. The van der Waals surface area contributed by atoms with E-state index in [1.165, 1.54) is 18.2 Å². The molecule has 0 aliphatic heterocycles. The van der Waals surface area contributed by atoms with Crippen LogP contribution < -0.4 is 10.1 Å². The van der Waals surface area contributed by atoms with Crippen LogP contribution in [0.5, 0.6) is 11.5 Å². The lowest BCUT2D eigenvalue weighted by molar-refractivity contribution is -0.132. The fraction of sp³-hybridized carbons (Fsp3) is 0. The van der Waals surface area contributed by atoms with Gasteiger partial charge in [0.1, 0.15) is 17.2 Å². The minimum absolute atomic E-state index is 0.240. The molecule has 0 unspecified atom stereocenters. The number of carbonyl (C=O) groups excluding carboxylic acids is 1. The molecule has 3 aromatic carbocycles. The second-order valence-electron chi connectivity index (χ2n) is 5.93. The standard InChI is InChI=1S/C22H15ClINO4/c23-16-9-7-15(8-10-16)21(26)25-19(22(27)28)13-14-5-11-17(12-6-14)29-20-4-2-1-3-18(20)24/h1-13H,(H,25,26)(H,27,28)/b19-13+. The summed E-state index contributed by atoms with van der Waals surface area (Å²) in [4.78, 5) is 23.8. The summed E-state index contributed by atoms with van der Waals surface area (Å²) in [7, 11) is 0. The first-order valence-corrected chi connectivity index (χ1v) is 9.92. The molecule has 0 fully saturated rings. The Kier molecular flexibility index (Phi) is 6.90. The molecule has 0 aromatic heterocycles. The zero-order valence-electron chi connectivity index (χ0n) is 14.9. The Bertz CT molecular complexity index is 1060. The molecule has 0 saturated heterocycles. The highest BCUT2D eigenvalue weighted by molar-refractivity contribution is 14.1. The predicted octanol–water partition coefficient (Wildman–Crippen LogP) is 5.59. The van der Waals surface area contributed by atoms with Crippen LogP contribution in [0.1, 0.15) is 15.9 Å². The van der Waals surface area contributed by atoms with Crippen molar-refractivity contribution in [2.75, 3.05) is 0 Å². The number of hydrogen-bond donors (Lipinski definition) is 2. The lowest BCUT2D eigenvalue weighted by Crippen LogP contribution is -2.27. The van der Waals surface area contributed by atoms with Crippen LogP contribution >= 0.6 is 34.2 Å². The average Bonchev–Trinajstić information content (AvgIpc) is 2.71. The summed E-state index contributed by atoms with van der Waals surface area (Å²) < 4.78 is 6.80. The number of aliphatic carboxylic acids is 1. The van der Waals surface area contributed by atoms with Gasteiger partial charge in [0, 0.05) is 10.6 Å². The molecule has 0 atom stereocenters. The number of carboxylic acids is 1. The number of halogens is 2. The predicted molar refractivity (Wildman–Crippen MR) is 120 cm³/mol. The number of hydrogen-bond acceptors (Lipinski definition) is 3. The van der Waals surface area contributed by atoms with Crippen molar-refractivity contribution >= 4 is 52.1 Å². The lowest BCUT2D eigenvalue weighted by atomic mass is 10.1. The van der Waals surface area contributed by atoms with E-state index in [2.05, 4.69) is 27.9 Å². The average molecular weight is 520 g/mol. The fourth-order valence-electron chi connectivity index (χ4n) is 2.40. The third-order valence-electron chi connectivity index (χ3n) is 3.84. The van der Waals surface area contributed by atoms with E-state index >= 15 is 0 Å². The van der Waals surface area contributed by atoms with E-state index in [1.54, 1.807) is 36.4 Å². The van der Waals surface area contributed by atoms with Crippen molar-refractivity contribution in [2.24, 2.45) is 0 Å². The Morgan fingerprint density at radius 1 is 0.966 bits per heavy atom. The van der Waals surface area contributed by atoms with Crippen molar-refractivity contribution in [3.8, 4) is 11.5 Å². The van der Waals surface area contributed by atoms with Crippen molar-refractivity contribution in [2.45, 2.75) is 0 Å². The summed E-state index contributed by atoms with van der Waals surface area (Å²) in [6.07, 6.45) is 1.38. The molecule has 146 valence electrons. The number of carboxylic acid groups (broad SMARTS) is 1. The topological polar surface area (TPSA) is 75.6 Å². The second-order valence-corrected chi connectivity index (χ2v) is 7.52. The third-order valence-corrected chi connectivity index (χ3v) is 4.98. The van der Waals surface area contributed by atoms with Gasteiger partial charge in [-0.15, -0.1) is 0 Å². The van der Waals surface area contributed by atoms with Crippen molar-refractivity contribution < 1.29 is 19.4 Å². The van der Waals surface area contributed by atoms with Gasteiger partial charge >= 0.3 is 5.97 Å². The Balaban J connectivity index is 1.75. The number of carbonyl (C=O) groups is 2. The molecule has 3 rings (SSSR count). The van der Waals surface area contributed by atoms with Gasteiger partial charge < -0.3 is 15.2 Å². The molecule has 29 heavy (non-hydrogen) atoms. The first kappa shape index (κ1) is 20.9. The molecule has 0 spiro atoms. The monoisotopic (exact) mass is 519 g/mol. The Morgan fingerprint density at radius 3 is 2.24 bits per heavy atom. The molecule has 0 radical (unpaired) electrons. The molecular weight excluding hydrogens is 505 g/mol. The number of rotatable bonds is 6. The van der Waals surface area contributed by atoms with Gasteiger partial charge in [-0.05, 0) is 82.8 Å². The van der Waals surface area contributed by atoms with E-state index in [0.29, 0.717) is 21.9 Å². The van der Waals surface area contributed by atoms with Gasteiger partial charge in [0.05, 0.1) is 3.57 Å². The molecule has 7 heteroatoms. The summed E-state index contributed by atoms with van der Waals surface area (Å²) in [5, 5.41) is 12.3. The minimum atomic E-state index is -1.24. The fourth-order valence-corrected chi connectivity index (χ4v) is 3.02. The lowest BCUT2D eigenvalue weighted by Gasteiger charge is -2.09. The number of ether oxygens (including phenoxy) is 1. The van der Waals surface area contributed by atoms with Crippen LogP contribution in [0.15, 0.2) is 78.5 Å². The molecular formula is C22H15ClINO4. The maximum absolute atomic E-state index is 12.3. The summed E-state index contributed by atoms with van der Waals surface area (Å²) in [6, 6.07) is 20.7. The Labute approximate surface area is 186 Å². The van der Waals surface area contributed by atoms with Crippen molar-refractivity contribution in [1.29, 1.82) is 0 Å². The molecule has 2 N–H and O–H groups in total. The smallest absolute Gasteiger partial charge is 0.352 e. The molecule has 0 saturated carbocycles. The van der Waals surface area contributed by atoms with Gasteiger partial charge in [-0.2, -0.15) is 0 Å². The Morgan fingerprint density at radius 2 is 1.62 bits per heavy atom. The molecule has 0 heterocycles. The van der Waals surface area contributed by atoms with Crippen LogP contribution in [0.3, 0.4) is 0 Å². The summed E-state index contributed by atoms with van der Waals surface area (Å²) >= 11 is 7.99. The minimum Gasteiger partial charge on any atom is -0.477 e. The van der Waals surface area contributed by atoms with Crippen LogP contribution in [-0.2, 0) is 4.79 Å².